The van der Waals surface area contributed by atoms with E-state index in [9.17, 15) is 4.79 Å². The molecule has 2 rings (SSSR count). The van der Waals surface area contributed by atoms with Gasteiger partial charge in [0.05, 0.1) is 6.04 Å². The topological polar surface area (TPSA) is 61.7 Å². The lowest BCUT2D eigenvalue weighted by Gasteiger charge is -2.06. The molecule has 2 heterocycles. The first-order chi connectivity index (χ1) is 6.27. The van der Waals surface area contributed by atoms with Gasteiger partial charge in [0.15, 0.2) is 0 Å². The van der Waals surface area contributed by atoms with E-state index in [4.69, 9.17) is 5.11 Å². The Balaban J connectivity index is 2.31. The first kappa shape index (κ1) is 7.79. The summed E-state index contributed by atoms with van der Waals surface area (Å²) in [5.41, 5.74) is 1.16. The summed E-state index contributed by atoms with van der Waals surface area (Å²) in [7, 11) is 0. The quantitative estimate of drug-likeness (QED) is 0.609. The minimum Gasteiger partial charge on any atom is -0.477 e. The predicted molar refractivity (Wildman–Crippen MR) is 48.4 cm³/mol. The molecule has 0 saturated heterocycles. The Morgan fingerprint density at radius 1 is 1.62 bits per heavy atom. The zero-order chi connectivity index (χ0) is 9.26. The second kappa shape index (κ2) is 2.90. The third kappa shape index (κ3) is 1.38. The lowest BCUT2D eigenvalue weighted by atomic mass is 10.1. The van der Waals surface area contributed by atoms with E-state index in [1.54, 1.807) is 24.6 Å². The monoisotopic (exact) mass is 176 g/mol. The van der Waals surface area contributed by atoms with Crippen molar-refractivity contribution in [1.29, 1.82) is 0 Å². The van der Waals surface area contributed by atoms with Crippen LogP contribution >= 0.6 is 0 Å². The number of nitrogens with one attached hydrogen (secondary N) is 1. The van der Waals surface area contributed by atoms with E-state index in [1.807, 2.05) is 6.08 Å². The SMILES string of the molecule is O=C(O)C1=CC2=CC=NC=CC2N1. The highest BCUT2D eigenvalue weighted by molar-refractivity contribution is 5.89. The lowest BCUT2D eigenvalue weighted by Crippen LogP contribution is -2.24. The van der Waals surface area contributed by atoms with Gasteiger partial charge < -0.3 is 10.4 Å². The lowest BCUT2D eigenvalue weighted by molar-refractivity contribution is -0.133. The number of nitrogens with zero attached hydrogens (tertiary/aromatic N) is 1. The molecular formula is C9H8N2O2. The number of aliphatic imine (C=N–C) groups is 1. The summed E-state index contributed by atoms with van der Waals surface area (Å²) >= 11 is 0. The van der Waals surface area contributed by atoms with E-state index in [0.29, 0.717) is 0 Å². The predicted octanol–water partition coefficient (Wildman–Crippen LogP) is 0.451. The standard InChI is InChI=1S/C9H8N2O2/c12-9(13)8-5-6-1-3-10-4-2-7(6)11-8/h1-5,7,11H,(H,12,13). The highest BCUT2D eigenvalue weighted by Crippen LogP contribution is 2.18. The number of carbonyl (C=O) groups is 1. The van der Waals surface area contributed by atoms with Crippen molar-refractivity contribution >= 4 is 12.2 Å². The minimum atomic E-state index is -0.931. The Hall–Kier alpha value is -1.84. The molecule has 0 bridgehead atoms. The fourth-order valence-corrected chi connectivity index (χ4v) is 1.30. The first-order valence-corrected chi connectivity index (χ1v) is 3.89. The van der Waals surface area contributed by atoms with Crippen LogP contribution in [0.25, 0.3) is 0 Å². The zero-order valence-corrected chi connectivity index (χ0v) is 6.77. The van der Waals surface area contributed by atoms with E-state index < -0.39 is 5.97 Å². The number of carboxylic acids is 1. The summed E-state index contributed by atoms with van der Waals surface area (Å²) in [6.45, 7) is 0. The molecule has 2 aliphatic rings. The van der Waals surface area contributed by atoms with Crippen molar-refractivity contribution in [3.05, 3.63) is 35.7 Å². The smallest absolute Gasteiger partial charge is 0.351 e. The van der Waals surface area contributed by atoms with Crippen LogP contribution in [-0.2, 0) is 4.79 Å². The zero-order valence-electron chi connectivity index (χ0n) is 6.77. The molecule has 0 aromatic heterocycles. The number of fused-ring (bicyclic) bond motifs is 1. The third-order valence-electron chi connectivity index (χ3n) is 1.93. The third-order valence-corrected chi connectivity index (χ3v) is 1.93. The maximum atomic E-state index is 10.6. The number of hydrogen-bond acceptors (Lipinski definition) is 3. The molecule has 13 heavy (non-hydrogen) atoms. The molecular weight excluding hydrogens is 168 g/mol. The minimum absolute atomic E-state index is 0.0476. The highest BCUT2D eigenvalue weighted by atomic mass is 16.4. The summed E-state index contributed by atoms with van der Waals surface area (Å²) in [6, 6.07) is -0.0476. The summed E-state index contributed by atoms with van der Waals surface area (Å²) in [5.74, 6) is -0.931. The summed E-state index contributed by atoms with van der Waals surface area (Å²) in [5, 5.41) is 11.6. The Bertz CT molecular complexity index is 364. The molecule has 0 spiro atoms. The Labute approximate surface area is 75.0 Å². The Kier molecular flexibility index (Phi) is 1.73. The fourth-order valence-electron chi connectivity index (χ4n) is 1.30. The van der Waals surface area contributed by atoms with Gasteiger partial charge in [0.2, 0.25) is 0 Å². The van der Waals surface area contributed by atoms with Crippen molar-refractivity contribution in [2.24, 2.45) is 4.99 Å². The molecule has 0 saturated carbocycles. The van der Waals surface area contributed by atoms with Crippen molar-refractivity contribution < 1.29 is 9.90 Å². The van der Waals surface area contributed by atoms with Crippen LogP contribution in [-0.4, -0.2) is 23.3 Å². The summed E-state index contributed by atoms with van der Waals surface area (Å²) < 4.78 is 0. The number of allylic oxidation sites excluding steroid dienone is 1. The number of carboxylic acid groups (broad SMARTS) is 1. The molecule has 1 atom stereocenters. The van der Waals surface area contributed by atoms with Gasteiger partial charge in [-0.15, -0.1) is 0 Å². The van der Waals surface area contributed by atoms with Gasteiger partial charge in [-0.05, 0) is 23.8 Å². The van der Waals surface area contributed by atoms with Crippen LogP contribution in [0.3, 0.4) is 0 Å². The van der Waals surface area contributed by atoms with E-state index in [-0.39, 0.29) is 11.7 Å². The molecule has 4 heteroatoms. The molecule has 4 nitrogen and oxygen atoms in total. The maximum absolute atomic E-state index is 10.6. The Morgan fingerprint density at radius 3 is 3.23 bits per heavy atom. The van der Waals surface area contributed by atoms with Crippen molar-refractivity contribution in [2.75, 3.05) is 0 Å². The van der Waals surface area contributed by atoms with Crippen LogP contribution in [0.1, 0.15) is 0 Å². The maximum Gasteiger partial charge on any atom is 0.351 e. The normalized spacial score (nSPS) is 24.2. The number of rotatable bonds is 1. The van der Waals surface area contributed by atoms with E-state index in [0.717, 1.165) is 5.57 Å². The fraction of sp³-hybridized carbons (Fsp3) is 0.111. The molecule has 2 aliphatic heterocycles. The molecule has 0 aromatic carbocycles. The van der Waals surface area contributed by atoms with Gasteiger partial charge >= 0.3 is 5.97 Å². The van der Waals surface area contributed by atoms with Gasteiger partial charge in [-0.25, -0.2) is 4.79 Å². The van der Waals surface area contributed by atoms with Crippen LogP contribution < -0.4 is 5.32 Å². The van der Waals surface area contributed by atoms with Crippen LogP contribution in [0.15, 0.2) is 40.7 Å². The van der Waals surface area contributed by atoms with Gasteiger partial charge in [0, 0.05) is 12.4 Å². The second-order valence-electron chi connectivity index (χ2n) is 2.79. The van der Waals surface area contributed by atoms with Gasteiger partial charge in [-0.3, -0.25) is 4.99 Å². The van der Waals surface area contributed by atoms with E-state index >= 15 is 0 Å². The molecule has 0 aliphatic carbocycles. The molecule has 0 amide bonds. The molecule has 0 fully saturated rings. The molecule has 0 radical (unpaired) electrons. The van der Waals surface area contributed by atoms with Crippen molar-refractivity contribution in [1.82, 2.24) is 5.32 Å². The molecule has 1 unspecified atom stereocenters. The number of aliphatic carboxylic acids is 1. The largest absolute Gasteiger partial charge is 0.477 e. The van der Waals surface area contributed by atoms with Gasteiger partial charge in [0.25, 0.3) is 0 Å². The van der Waals surface area contributed by atoms with Gasteiger partial charge in [-0.2, -0.15) is 0 Å². The average Bonchev–Trinajstić information content (AvgIpc) is 2.38. The van der Waals surface area contributed by atoms with Crippen LogP contribution in [0.2, 0.25) is 0 Å². The molecule has 66 valence electrons. The molecule has 0 aromatic rings. The summed E-state index contributed by atoms with van der Waals surface area (Å²) in [6.07, 6.45) is 8.54. The number of hydrogen-bond donors (Lipinski definition) is 2. The average molecular weight is 176 g/mol. The van der Waals surface area contributed by atoms with Crippen molar-refractivity contribution in [3.8, 4) is 0 Å². The Morgan fingerprint density at radius 2 is 2.46 bits per heavy atom. The van der Waals surface area contributed by atoms with Crippen LogP contribution in [0.5, 0.6) is 0 Å². The van der Waals surface area contributed by atoms with Gasteiger partial charge in [-0.1, -0.05) is 0 Å². The summed E-state index contributed by atoms with van der Waals surface area (Å²) in [4.78, 5) is 14.5. The van der Waals surface area contributed by atoms with E-state index in [1.165, 1.54) is 0 Å². The van der Waals surface area contributed by atoms with Crippen LogP contribution in [0.4, 0.5) is 0 Å². The van der Waals surface area contributed by atoms with Crippen molar-refractivity contribution in [3.63, 3.8) is 0 Å². The first-order valence-electron chi connectivity index (χ1n) is 3.89. The second-order valence-corrected chi connectivity index (χ2v) is 2.79. The van der Waals surface area contributed by atoms with Gasteiger partial charge in [0.1, 0.15) is 5.70 Å². The van der Waals surface area contributed by atoms with E-state index in [2.05, 4.69) is 10.3 Å². The van der Waals surface area contributed by atoms with Crippen molar-refractivity contribution in [2.45, 2.75) is 6.04 Å². The van der Waals surface area contributed by atoms with Crippen LogP contribution in [0, 0.1) is 0 Å². The highest BCUT2D eigenvalue weighted by Gasteiger charge is 2.22. The molecule has 2 N–H and O–H groups in total.